The molecule has 0 aliphatic carbocycles. The van der Waals surface area contributed by atoms with E-state index in [4.69, 9.17) is 0 Å². The third-order valence-electron chi connectivity index (χ3n) is 5.22. The molecule has 1 fully saturated rings. The predicted octanol–water partition coefficient (Wildman–Crippen LogP) is 4.50. The van der Waals surface area contributed by atoms with E-state index in [2.05, 4.69) is 21.2 Å². The molecule has 1 saturated heterocycles. The molecule has 148 valence electrons. The molecule has 6 heteroatoms. The van der Waals surface area contributed by atoms with Gasteiger partial charge in [-0.2, -0.15) is 0 Å². The van der Waals surface area contributed by atoms with Gasteiger partial charge in [0.15, 0.2) is 0 Å². The summed E-state index contributed by atoms with van der Waals surface area (Å²) in [6, 6.07) is 14.1. The van der Waals surface area contributed by atoms with Crippen molar-refractivity contribution in [2.45, 2.75) is 38.1 Å². The van der Waals surface area contributed by atoms with Crippen LogP contribution in [0.4, 0.5) is 4.39 Å². The number of hydrogen-bond donors (Lipinski definition) is 1. The Morgan fingerprint density at radius 1 is 1.18 bits per heavy atom. The van der Waals surface area contributed by atoms with E-state index in [-0.39, 0.29) is 23.4 Å². The molecule has 1 aliphatic heterocycles. The number of nitrogens with one attached hydrogen (secondary N) is 1. The van der Waals surface area contributed by atoms with Crippen LogP contribution in [0.2, 0.25) is 0 Å². The van der Waals surface area contributed by atoms with Crippen molar-refractivity contribution < 1.29 is 14.0 Å². The molecule has 0 bridgehead atoms. The van der Waals surface area contributed by atoms with Gasteiger partial charge in [0.2, 0.25) is 5.91 Å². The van der Waals surface area contributed by atoms with Crippen molar-refractivity contribution in [3.63, 3.8) is 0 Å². The second kappa shape index (κ2) is 9.32. The van der Waals surface area contributed by atoms with E-state index in [1.807, 2.05) is 42.2 Å². The topological polar surface area (TPSA) is 49.4 Å². The van der Waals surface area contributed by atoms with Crippen LogP contribution in [0.3, 0.4) is 0 Å². The van der Waals surface area contributed by atoms with Crippen LogP contribution in [0, 0.1) is 5.82 Å². The lowest BCUT2D eigenvalue weighted by Gasteiger charge is -2.34. The predicted molar refractivity (Wildman–Crippen MR) is 111 cm³/mol. The first-order valence-electron chi connectivity index (χ1n) is 9.59. The fourth-order valence-corrected chi connectivity index (χ4v) is 4.00. The number of rotatable bonds is 5. The average Bonchev–Trinajstić information content (AvgIpc) is 2.71. The molecule has 1 aliphatic rings. The smallest absolute Gasteiger partial charge is 0.254 e. The fourth-order valence-electron chi connectivity index (χ4n) is 3.64. The maximum atomic E-state index is 13.9. The summed E-state index contributed by atoms with van der Waals surface area (Å²) in [5.41, 5.74) is 1.07. The van der Waals surface area contributed by atoms with Gasteiger partial charge in [-0.25, -0.2) is 4.39 Å². The minimum atomic E-state index is -0.540. The number of nitrogens with zero attached hydrogens (tertiary/aromatic N) is 1. The highest BCUT2D eigenvalue weighted by Gasteiger charge is 2.29. The largest absolute Gasteiger partial charge is 0.349 e. The van der Waals surface area contributed by atoms with E-state index in [1.165, 1.54) is 12.1 Å². The normalized spacial score (nSPS) is 15.9. The molecule has 0 radical (unpaired) electrons. The number of hydrogen-bond acceptors (Lipinski definition) is 2. The van der Waals surface area contributed by atoms with Crippen LogP contribution in [-0.4, -0.2) is 35.8 Å². The van der Waals surface area contributed by atoms with Gasteiger partial charge in [-0.1, -0.05) is 53.2 Å². The summed E-state index contributed by atoms with van der Waals surface area (Å²) < 4.78 is 14.6. The summed E-state index contributed by atoms with van der Waals surface area (Å²) in [7, 11) is 0. The van der Waals surface area contributed by atoms with Gasteiger partial charge in [-0.15, -0.1) is 0 Å². The maximum Gasteiger partial charge on any atom is 0.254 e. The van der Waals surface area contributed by atoms with Gasteiger partial charge in [-0.05, 0) is 43.0 Å². The summed E-state index contributed by atoms with van der Waals surface area (Å²) in [6.07, 6.45) is 2.08. The fraction of sp³-hybridized carbons (Fsp3) is 0.364. The lowest BCUT2D eigenvalue weighted by atomic mass is 9.93. The molecule has 2 amide bonds. The van der Waals surface area contributed by atoms with E-state index >= 15 is 0 Å². The second-order valence-corrected chi connectivity index (χ2v) is 7.98. The van der Waals surface area contributed by atoms with E-state index in [1.54, 1.807) is 6.07 Å². The van der Waals surface area contributed by atoms with Gasteiger partial charge in [0.1, 0.15) is 5.82 Å². The van der Waals surface area contributed by atoms with E-state index in [0.717, 1.165) is 12.0 Å². The molecule has 1 atom stereocenters. The molecule has 28 heavy (non-hydrogen) atoms. The number of carbonyl (C=O) groups excluding carboxylic acids is 2. The lowest BCUT2D eigenvalue weighted by Crippen LogP contribution is -2.47. The minimum absolute atomic E-state index is 0.0306. The summed E-state index contributed by atoms with van der Waals surface area (Å²) in [5.74, 6) is -0.958. The second-order valence-electron chi connectivity index (χ2n) is 7.07. The van der Waals surface area contributed by atoms with E-state index in [9.17, 15) is 14.0 Å². The molecule has 2 aromatic carbocycles. The first-order chi connectivity index (χ1) is 13.5. The maximum absolute atomic E-state index is 13.9. The monoisotopic (exact) mass is 446 g/mol. The molecule has 0 aromatic heterocycles. The zero-order valence-corrected chi connectivity index (χ0v) is 17.4. The highest BCUT2D eigenvalue weighted by molar-refractivity contribution is 9.10. The van der Waals surface area contributed by atoms with Crippen molar-refractivity contribution in [3.8, 4) is 0 Å². The molecule has 1 unspecified atom stereocenters. The average molecular weight is 447 g/mol. The Balaban J connectivity index is 1.57. The third kappa shape index (κ3) is 4.79. The zero-order chi connectivity index (χ0) is 20.1. The Kier molecular flexibility index (Phi) is 6.83. The quantitative estimate of drug-likeness (QED) is 0.734. The van der Waals surface area contributed by atoms with Gasteiger partial charge in [0, 0.05) is 23.6 Å². The molecule has 0 spiro atoms. The molecule has 1 N–H and O–H groups in total. The van der Waals surface area contributed by atoms with Crippen molar-refractivity contribution in [1.29, 1.82) is 0 Å². The van der Waals surface area contributed by atoms with Crippen molar-refractivity contribution in [2.24, 2.45) is 0 Å². The van der Waals surface area contributed by atoms with Crippen LogP contribution in [0.1, 0.15) is 48.0 Å². The molecule has 0 saturated carbocycles. The Bertz CT molecular complexity index is 836. The number of carbonyl (C=O) groups is 2. The lowest BCUT2D eigenvalue weighted by molar-refractivity contribution is -0.134. The van der Waals surface area contributed by atoms with E-state index < -0.39 is 11.7 Å². The van der Waals surface area contributed by atoms with Crippen LogP contribution in [0.15, 0.2) is 53.0 Å². The number of amides is 2. The Morgan fingerprint density at radius 3 is 2.50 bits per heavy atom. The molecule has 1 heterocycles. The molecule has 3 rings (SSSR count). The van der Waals surface area contributed by atoms with Gasteiger partial charge in [0.25, 0.3) is 5.91 Å². The van der Waals surface area contributed by atoms with Crippen molar-refractivity contribution in [3.05, 3.63) is 69.9 Å². The number of halogens is 2. The first-order valence-corrected chi connectivity index (χ1v) is 10.4. The van der Waals surface area contributed by atoms with Gasteiger partial charge in [-0.3, -0.25) is 9.59 Å². The molecule has 2 aromatic rings. The van der Waals surface area contributed by atoms with Crippen LogP contribution < -0.4 is 5.32 Å². The van der Waals surface area contributed by atoms with Gasteiger partial charge in [0.05, 0.1) is 11.5 Å². The van der Waals surface area contributed by atoms with Crippen LogP contribution in [0.5, 0.6) is 0 Å². The molecular formula is C22H24BrFN2O2. The zero-order valence-electron chi connectivity index (χ0n) is 15.8. The minimum Gasteiger partial charge on any atom is -0.349 e. The summed E-state index contributed by atoms with van der Waals surface area (Å²) in [6.45, 7) is 3.21. The van der Waals surface area contributed by atoms with Crippen LogP contribution in [-0.2, 0) is 4.79 Å². The highest BCUT2D eigenvalue weighted by Crippen LogP contribution is 2.24. The molecular weight excluding hydrogens is 423 g/mol. The van der Waals surface area contributed by atoms with E-state index in [0.29, 0.717) is 30.4 Å². The highest BCUT2D eigenvalue weighted by atomic mass is 79.9. The van der Waals surface area contributed by atoms with Gasteiger partial charge < -0.3 is 10.2 Å². The van der Waals surface area contributed by atoms with Crippen molar-refractivity contribution in [2.75, 3.05) is 13.1 Å². The number of piperidine rings is 1. The Hall–Kier alpha value is -2.21. The Labute approximate surface area is 173 Å². The number of benzene rings is 2. The standard InChI is InChI=1S/C22H24BrFN2O2/c1-2-18(15-6-4-3-5-7-15)22(28)26-12-10-17(11-13-26)25-21(27)19-14-16(23)8-9-20(19)24/h3-9,14,17-18H,2,10-13H2,1H3,(H,25,27). The SMILES string of the molecule is CCC(C(=O)N1CCC(NC(=O)c2cc(Br)ccc2F)CC1)c1ccccc1. The van der Waals surface area contributed by atoms with Crippen LogP contribution >= 0.6 is 15.9 Å². The summed E-state index contributed by atoms with van der Waals surface area (Å²) in [5, 5.41) is 2.90. The van der Waals surface area contributed by atoms with Crippen molar-refractivity contribution in [1.82, 2.24) is 10.2 Å². The van der Waals surface area contributed by atoms with Crippen LogP contribution in [0.25, 0.3) is 0 Å². The van der Waals surface area contributed by atoms with Crippen molar-refractivity contribution >= 4 is 27.7 Å². The van der Waals surface area contributed by atoms with Gasteiger partial charge >= 0.3 is 0 Å². The Morgan fingerprint density at radius 2 is 1.86 bits per heavy atom. The third-order valence-corrected chi connectivity index (χ3v) is 5.72. The summed E-state index contributed by atoms with van der Waals surface area (Å²) in [4.78, 5) is 27.2. The number of likely N-dealkylation sites (tertiary alicyclic amines) is 1. The summed E-state index contributed by atoms with van der Waals surface area (Å²) >= 11 is 3.26. The first kappa shape index (κ1) is 20.5. The molecule has 4 nitrogen and oxygen atoms in total.